The Balaban J connectivity index is 1.01. The third kappa shape index (κ3) is 3.76. The molecule has 0 aromatic heterocycles. The van der Waals surface area contributed by atoms with Crippen LogP contribution in [0, 0.1) is 0 Å². The highest BCUT2D eigenvalue weighted by molar-refractivity contribution is 6.19. The number of hydrogen-bond donors (Lipinski definition) is 1. The van der Waals surface area contributed by atoms with Crippen LogP contribution in [0.25, 0.3) is 93.2 Å². The van der Waals surface area contributed by atoms with Gasteiger partial charge in [0.2, 0.25) is 0 Å². The summed E-state index contributed by atoms with van der Waals surface area (Å²) in [7, 11) is 0. The van der Waals surface area contributed by atoms with Crippen LogP contribution < -0.4 is 5.32 Å². The van der Waals surface area contributed by atoms with E-state index in [0.29, 0.717) is 0 Å². The molecule has 0 atom stereocenters. The minimum Gasteiger partial charge on any atom is -0.387 e. The van der Waals surface area contributed by atoms with Gasteiger partial charge in [-0.1, -0.05) is 140 Å². The maximum Gasteiger partial charge on any atom is 0.0328 e. The van der Waals surface area contributed by atoms with E-state index in [9.17, 15) is 0 Å². The van der Waals surface area contributed by atoms with E-state index in [2.05, 4.69) is 163 Å². The van der Waals surface area contributed by atoms with Crippen LogP contribution in [-0.4, -0.2) is 6.54 Å². The first-order valence-electron chi connectivity index (χ1n) is 16.1. The summed E-state index contributed by atoms with van der Waals surface area (Å²) >= 11 is 0. The second-order valence-electron chi connectivity index (χ2n) is 12.5. The van der Waals surface area contributed by atoms with Gasteiger partial charge in [-0.25, -0.2) is 0 Å². The fourth-order valence-electron chi connectivity index (χ4n) is 7.80. The van der Waals surface area contributed by atoms with Crippen molar-refractivity contribution in [1.29, 1.82) is 0 Å². The largest absolute Gasteiger partial charge is 0.387 e. The highest BCUT2D eigenvalue weighted by Gasteiger charge is 2.22. The third-order valence-electron chi connectivity index (χ3n) is 10.0. The Kier molecular flexibility index (Phi) is 5.41. The number of nitrogens with one attached hydrogen (secondary N) is 1. The molecule has 1 nitrogen and oxygen atoms in total. The van der Waals surface area contributed by atoms with Crippen molar-refractivity contribution >= 4 is 48.7 Å². The summed E-state index contributed by atoms with van der Waals surface area (Å²) in [4.78, 5) is 0. The lowest BCUT2D eigenvalue weighted by atomic mass is 9.92. The van der Waals surface area contributed by atoms with Crippen molar-refractivity contribution in [3.05, 3.63) is 163 Å². The van der Waals surface area contributed by atoms with Gasteiger partial charge < -0.3 is 5.32 Å². The van der Waals surface area contributed by atoms with Crippen molar-refractivity contribution in [3.63, 3.8) is 0 Å². The summed E-state index contributed by atoms with van der Waals surface area (Å²) < 4.78 is 0. The molecule has 1 heteroatoms. The first kappa shape index (κ1) is 25.4. The predicted molar refractivity (Wildman–Crippen MR) is 197 cm³/mol. The van der Waals surface area contributed by atoms with Gasteiger partial charge in [-0.15, -0.1) is 0 Å². The summed E-state index contributed by atoms with van der Waals surface area (Å²) in [5, 5.41) is 13.7. The fraction of sp³-hybridized carbons (Fsp3) is 0.0222. The van der Waals surface area contributed by atoms with Gasteiger partial charge in [-0.05, 0) is 111 Å². The average molecular weight is 584 g/mol. The second-order valence-corrected chi connectivity index (χ2v) is 12.5. The van der Waals surface area contributed by atoms with E-state index in [1.165, 1.54) is 98.7 Å². The van der Waals surface area contributed by atoms with Gasteiger partial charge >= 0.3 is 0 Å². The molecule has 1 N–H and O–H groups in total. The molecule has 46 heavy (non-hydrogen) atoms. The highest BCUT2D eigenvalue weighted by atomic mass is 14.8. The Morgan fingerprint density at radius 1 is 0.391 bits per heavy atom. The molecule has 0 amide bonds. The van der Waals surface area contributed by atoms with Crippen LogP contribution in [0.4, 0.5) is 0 Å². The van der Waals surface area contributed by atoms with Gasteiger partial charge in [0.05, 0.1) is 0 Å². The van der Waals surface area contributed by atoms with Gasteiger partial charge in [0.15, 0.2) is 0 Å². The lowest BCUT2D eigenvalue weighted by Gasteiger charge is -2.13. The summed E-state index contributed by atoms with van der Waals surface area (Å²) in [6.07, 6.45) is 6.47. The molecule has 0 saturated carbocycles. The number of fused-ring (bicyclic) bond motifs is 8. The zero-order valence-electron chi connectivity index (χ0n) is 25.2. The van der Waals surface area contributed by atoms with Gasteiger partial charge in [0.1, 0.15) is 0 Å². The SMILES string of the molecule is C1=CC(c2ccc3c(ccc4c5ccc(-c6ccc(-c7ccc8c9c(cccc79)-c7ccccc7-8)cc6)cc5ccc34)c2)=CNC1. The van der Waals surface area contributed by atoms with Crippen LogP contribution in [-0.2, 0) is 0 Å². The molecule has 0 unspecified atom stereocenters. The third-order valence-corrected chi connectivity index (χ3v) is 10.0. The molecule has 0 fully saturated rings. The monoisotopic (exact) mass is 583 g/mol. The summed E-state index contributed by atoms with van der Waals surface area (Å²) in [5.74, 6) is 0. The van der Waals surface area contributed by atoms with Crippen molar-refractivity contribution < 1.29 is 0 Å². The van der Waals surface area contributed by atoms with Crippen molar-refractivity contribution in [2.45, 2.75) is 0 Å². The zero-order chi connectivity index (χ0) is 30.2. The van der Waals surface area contributed by atoms with E-state index >= 15 is 0 Å². The molecule has 0 spiro atoms. The Hall–Kier alpha value is -5.92. The van der Waals surface area contributed by atoms with Gasteiger partial charge in [-0.2, -0.15) is 0 Å². The molecule has 0 bridgehead atoms. The van der Waals surface area contributed by atoms with Crippen LogP contribution in [0.1, 0.15) is 5.56 Å². The normalized spacial score (nSPS) is 13.3. The number of benzene rings is 8. The van der Waals surface area contributed by atoms with Crippen LogP contribution in [0.2, 0.25) is 0 Å². The molecule has 8 aromatic carbocycles. The van der Waals surface area contributed by atoms with Crippen LogP contribution in [0.3, 0.4) is 0 Å². The molecule has 214 valence electrons. The van der Waals surface area contributed by atoms with Gasteiger partial charge in [-0.3, -0.25) is 0 Å². The van der Waals surface area contributed by atoms with E-state index < -0.39 is 0 Å². The Bertz CT molecular complexity index is 2590. The molecule has 0 saturated heterocycles. The van der Waals surface area contributed by atoms with Crippen LogP contribution >= 0.6 is 0 Å². The quantitative estimate of drug-likeness (QED) is 0.204. The Morgan fingerprint density at radius 3 is 1.70 bits per heavy atom. The summed E-state index contributed by atoms with van der Waals surface area (Å²) in [6, 6.07) is 52.1. The Labute approximate surface area is 267 Å². The predicted octanol–water partition coefficient (Wildman–Crippen LogP) is 11.8. The summed E-state index contributed by atoms with van der Waals surface area (Å²) in [5.41, 5.74) is 12.8. The van der Waals surface area contributed by atoms with Crippen molar-refractivity contribution in [2.75, 3.05) is 6.54 Å². The van der Waals surface area contributed by atoms with E-state index in [1.54, 1.807) is 0 Å². The van der Waals surface area contributed by atoms with Crippen molar-refractivity contribution in [2.24, 2.45) is 0 Å². The molecule has 2 aliphatic rings. The van der Waals surface area contributed by atoms with Gasteiger partial charge in [0.25, 0.3) is 0 Å². The Morgan fingerprint density at radius 2 is 0.978 bits per heavy atom. The summed E-state index contributed by atoms with van der Waals surface area (Å²) in [6.45, 7) is 0.893. The van der Waals surface area contributed by atoms with E-state index in [1.807, 2.05) is 0 Å². The zero-order valence-corrected chi connectivity index (χ0v) is 25.2. The number of allylic oxidation sites excluding steroid dienone is 2. The average Bonchev–Trinajstić information content (AvgIpc) is 3.46. The van der Waals surface area contributed by atoms with E-state index in [4.69, 9.17) is 0 Å². The number of dihydropyridines is 1. The maximum absolute atomic E-state index is 3.32. The molecule has 1 aliphatic carbocycles. The highest BCUT2D eigenvalue weighted by Crippen LogP contribution is 2.49. The van der Waals surface area contributed by atoms with Crippen LogP contribution in [0.15, 0.2) is 158 Å². The fourth-order valence-corrected chi connectivity index (χ4v) is 7.80. The first-order valence-corrected chi connectivity index (χ1v) is 16.1. The molecular formula is C45H29N. The number of hydrogen-bond acceptors (Lipinski definition) is 1. The van der Waals surface area contributed by atoms with Crippen LogP contribution in [0.5, 0.6) is 0 Å². The minimum atomic E-state index is 0.893. The lowest BCUT2D eigenvalue weighted by molar-refractivity contribution is 0.977. The molecule has 10 rings (SSSR count). The second kappa shape index (κ2) is 9.79. The maximum atomic E-state index is 3.32. The van der Waals surface area contributed by atoms with E-state index in [0.717, 1.165) is 6.54 Å². The van der Waals surface area contributed by atoms with Crippen molar-refractivity contribution in [3.8, 4) is 44.5 Å². The molecule has 1 heterocycles. The first-order chi connectivity index (χ1) is 22.8. The lowest BCUT2D eigenvalue weighted by Crippen LogP contribution is -2.08. The van der Waals surface area contributed by atoms with E-state index in [-0.39, 0.29) is 0 Å². The minimum absolute atomic E-state index is 0.893. The number of rotatable bonds is 3. The standard InChI is InChI=1S/C45H29N/c1-2-7-39-38(6-1)43-9-3-8-42-35(22-23-44(39)45(42)43)29-12-10-28(11-13-29)30-14-18-36-32(25-30)16-20-41-37-19-15-31(34-5-4-24-46-27-34)26-33(37)17-21-40(36)41/h1-23,25-27,46H,24H2. The van der Waals surface area contributed by atoms with Gasteiger partial charge in [0, 0.05) is 12.7 Å². The molecule has 1 aliphatic heterocycles. The smallest absolute Gasteiger partial charge is 0.0328 e. The molecule has 0 radical (unpaired) electrons. The topological polar surface area (TPSA) is 12.0 Å². The molecular weight excluding hydrogens is 555 g/mol. The van der Waals surface area contributed by atoms with Crippen molar-refractivity contribution in [1.82, 2.24) is 5.32 Å². The molecule has 8 aromatic rings.